The molecule has 0 aromatic carbocycles. The van der Waals surface area contributed by atoms with E-state index in [2.05, 4.69) is 10.5 Å². The Kier molecular flexibility index (Phi) is 9.11. The van der Waals surface area contributed by atoms with Crippen molar-refractivity contribution in [2.45, 2.75) is 46.3 Å². The minimum absolute atomic E-state index is 0.0859. The monoisotopic (exact) mass is 358 g/mol. The summed E-state index contributed by atoms with van der Waals surface area (Å²) in [4.78, 5) is 38.7. The van der Waals surface area contributed by atoms with Crippen LogP contribution in [0.2, 0.25) is 0 Å². The summed E-state index contributed by atoms with van der Waals surface area (Å²) < 4.78 is 9.99. The molecule has 0 fully saturated rings. The van der Waals surface area contributed by atoms with Gasteiger partial charge in [0.05, 0.1) is 18.9 Å². The third-order valence-electron chi connectivity index (χ3n) is 2.92. The van der Waals surface area contributed by atoms with Gasteiger partial charge in [0.25, 0.3) is 0 Å². The van der Waals surface area contributed by atoms with Gasteiger partial charge in [-0.05, 0) is 41.7 Å². The number of rotatable bonds is 7. The van der Waals surface area contributed by atoms with Gasteiger partial charge in [-0.3, -0.25) is 14.5 Å². The van der Waals surface area contributed by atoms with Gasteiger partial charge in [-0.15, -0.1) is 0 Å². The average molecular weight is 358 g/mol. The van der Waals surface area contributed by atoms with Gasteiger partial charge in [-0.1, -0.05) is 0 Å². The minimum Gasteiger partial charge on any atom is -0.465 e. The maximum Gasteiger partial charge on any atom is 0.428 e. The van der Waals surface area contributed by atoms with Crippen LogP contribution in [0, 0.1) is 0 Å². The van der Waals surface area contributed by atoms with Crippen molar-refractivity contribution in [1.29, 1.82) is 0 Å². The molecule has 0 saturated carbocycles. The Balaban J connectivity index is 5.20. The summed E-state index contributed by atoms with van der Waals surface area (Å²) in [5, 5.41) is 3.94. The van der Waals surface area contributed by atoms with E-state index in [0.717, 1.165) is 0 Å². The molecule has 144 valence electrons. The first kappa shape index (κ1) is 22.8. The molecule has 0 heterocycles. The summed E-state index contributed by atoms with van der Waals surface area (Å²) in [6, 6.07) is -0.825. The molecule has 0 saturated heterocycles. The third kappa shape index (κ3) is 9.04. The Morgan fingerprint density at radius 3 is 2.16 bits per heavy atom. The van der Waals surface area contributed by atoms with Crippen molar-refractivity contribution in [3.63, 3.8) is 0 Å². The molecule has 1 unspecified atom stereocenters. The van der Waals surface area contributed by atoms with Crippen LogP contribution < -0.4 is 5.43 Å². The topological polar surface area (TPSA) is 101 Å². The highest BCUT2D eigenvalue weighted by atomic mass is 16.6. The fourth-order valence-corrected chi connectivity index (χ4v) is 1.93. The van der Waals surface area contributed by atoms with Crippen LogP contribution in [-0.2, 0) is 19.1 Å². The first-order valence-electron chi connectivity index (χ1n) is 7.99. The zero-order valence-corrected chi connectivity index (χ0v) is 16.4. The maximum absolute atomic E-state index is 12.4. The zero-order valence-electron chi connectivity index (χ0n) is 16.4. The zero-order chi connectivity index (χ0) is 19.8. The van der Waals surface area contributed by atoms with E-state index in [4.69, 9.17) is 9.47 Å². The lowest BCUT2D eigenvalue weighted by molar-refractivity contribution is -0.145. The predicted molar refractivity (Wildman–Crippen MR) is 94.2 cm³/mol. The van der Waals surface area contributed by atoms with Gasteiger partial charge < -0.3 is 14.4 Å². The van der Waals surface area contributed by atoms with Crippen LogP contribution in [0.5, 0.6) is 0 Å². The van der Waals surface area contributed by atoms with E-state index >= 15 is 0 Å². The normalized spacial score (nSPS) is 13.2. The van der Waals surface area contributed by atoms with Crippen molar-refractivity contribution in [2.24, 2.45) is 5.10 Å². The molecule has 0 aliphatic carbocycles. The molecule has 0 radical (unpaired) electrons. The van der Waals surface area contributed by atoms with Gasteiger partial charge >= 0.3 is 12.1 Å². The molecule has 0 rings (SSSR count). The third-order valence-corrected chi connectivity index (χ3v) is 2.92. The number of amides is 2. The quantitative estimate of drug-likeness (QED) is 0.411. The van der Waals surface area contributed by atoms with E-state index in [1.165, 1.54) is 9.80 Å². The number of likely N-dealkylation sites (N-methyl/N-ethyl adjacent to an activating group) is 2. The maximum atomic E-state index is 12.4. The summed E-state index contributed by atoms with van der Waals surface area (Å²) in [7, 11) is 4.81. The number of nitrogens with zero attached hydrogens (tertiary/aromatic N) is 3. The second kappa shape index (κ2) is 9.97. The van der Waals surface area contributed by atoms with Crippen LogP contribution in [0.1, 0.15) is 34.6 Å². The van der Waals surface area contributed by atoms with E-state index in [1.54, 1.807) is 55.8 Å². The van der Waals surface area contributed by atoms with Crippen LogP contribution >= 0.6 is 0 Å². The lowest BCUT2D eigenvalue weighted by Gasteiger charge is -2.28. The fraction of sp³-hybridized carbons (Fsp3) is 0.750. The van der Waals surface area contributed by atoms with E-state index in [1.807, 2.05) is 0 Å². The Morgan fingerprint density at radius 2 is 1.72 bits per heavy atom. The van der Waals surface area contributed by atoms with Gasteiger partial charge in [0.2, 0.25) is 5.91 Å². The molecule has 0 aromatic heterocycles. The van der Waals surface area contributed by atoms with Crippen molar-refractivity contribution in [1.82, 2.24) is 15.2 Å². The van der Waals surface area contributed by atoms with Crippen molar-refractivity contribution < 1.29 is 23.9 Å². The van der Waals surface area contributed by atoms with Gasteiger partial charge in [-0.2, -0.15) is 5.10 Å². The summed E-state index contributed by atoms with van der Waals surface area (Å²) >= 11 is 0. The highest BCUT2D eigenvalue weighted by Crippen LogP contribution is 2.07. The second-order valence-corrected chi connectivity index (χ2v) is 6.72. The van der Waals surface area contributed by atoms with Crippen LogP contribution in [0.4, 0.5) is 4.79 Å². The number of hydrogen-bond acceptors (Lipinski definition) is 7. The standard InChI is InChI=1S/C16H30N4O5/c1-9-24-12(21)10-20(8)13(14(22)19(6)7)11(2)17-18-15(23)25-16(3,4)5/h13H,9-10H2,1-8H3,(H,18,23)/b17-11+. The molecule has 0 aromatic rings. The first-order valence-corrected chi connectivity index (χ1v) is 7.99. The highest BCUT2D eigenvalue weighted by Gasteiger charge is 2.29. The van der Waals surface area contributed by atoms with Crippen molar-refractivity contribution in [2.75, 3.05) is 34.3 Å². The molecule has 0 bridgehead atoms. The lowest BCUT2D eigenvalue weighted by atomic mass is 10.1. The van der Waals surface area contributed by atoms with Crippen molar-refractivity contribution >= 4 is 23.7 Å². The molecule has 1 atom stereocenters. The number of ether oxygens (including phenoxy) is 2. The van der Waals surface area contributed by atoms with Crippen molar-refractivity contribution in [3.8, 4) is 0 Å². The van der Waals surface area contributed by atoms with Gasteiger partial charge in [0, 0.05) is 14.1 Å². The second-order valence-electron chi connectivity index (χ2n) is 6.72. The van der Waals surface area contributed by atoms with Gasteiger partial charge in [-0.25, -0.2) is 10.2 Å². The van der Waals surface area contributed by atoms with Crippen LogP contribution in [-0.4, -0.2) is 79.4 Å². The molecule has 1 N–H and O–H groups in total. The van der Waals surface area contributed by atoms with Gasteiger partial charge in [0.1, 0.15) is 11.6 Å². The number of hydrogen-bond donors (Lipinski definition) is 1. The molecule has 0 aliphatic rings. The highest BCUT2D eigenvalue weighted by molar-refractivity contribution is 6.07. The Morgan fingerprint density at radius 1 is 1.16 bits per heavy atom. The Labute approximate surface area is 149 Å². The summed E-state index contributed by atoms with van der Waals surface area (Å²) in [6.45, 7) is 8.66. The lowest BCUT2D eigenvalue weighted by Crippen LogP contribution is -2.51. The Bertz CT molecular complexity index is 511. The SMILES string of the molecule is CCOC(=O)CN(C)C(C(=O)N(C)C)/C(C)=N/NC(=O)OC(C)(C)C. The molecule has 9 nitrogen and oxygen atoms in total. The summed E-state index contributed by atoms with van der Waals surface area (Å²) in [5.41, 5.74) is 1.92. The molecule has 9 heteroatoms. The fourth-order valence-electron chi connectivity index (χ4n) is 1.93. The number of hydrazone groups is 1. The molecule has 25 heavy (non-hydrogen) atoms. The van der Waals surface area contributed by atoms with Crippen LogP contribution in [0.3, 0.4) is 0 Å². The average Bonchev–Trinajstić information content (AvgIpc) is 2.43. The number of nitrogens with one attached hydrogen (secondary N) is 1. The van der Waals surface area contributed by atoms with Gasteiger partial charge in [0.15, 0.2) is 0 Å². The van der Waals surface area contributed by atoms with Crippen LogP contribution in [0.15, 0.2) is 5.10 Å². The smallest absolute Gasteiger partial charge is 0.428 e. The summed E-state index contributed by atoms with van der Waals surface area (Å²) in [6.07, 6.45) is -0.726. The summed E-state index contributed by atoms with van der Waals surface area (Å²) in [5.74, 6) is -0.728. The molecule has 2 amide bonds. The number of carbonyl (C=O) groups excluding carboxylic acids is 3. The van der Waals surface area contributed by atoms with E-state index < -0.39 is 23.7 Å². The van der Waals surface area contributed by atoms with E-state index in [9.17, 15) is 14.4 Å². The minimum atomic E-state index is -0.825. The largest absolute Gasteiger partial charge is 0.465 e. The molecular weight excluding hydrogens is 328 g/mol. The number of carbonyl (C=O) groups is 3. The predicted octanol–water partition coefficient (Wildman–Crippen LogP) is 0.839. The molecular formula is C16H30N4O5. The van der Waals surface area contributed by atoms with Crippen LogP contribution in [0.25, 0.3) is 0 Å². The van der Waals surface area contributed by atoms with Crippen molar-refractivity contribution in [3.05, 3.63) is 0 Å². The molecule has 0 aliphatic heterocycles. The number of esters is 1. The molecule has 0 spiro atoms. The van der Waals surface area contributed by atoms with E-state index in [0.29, 0.717) is 5.71 Å². The Hall–Kier alpha value is -2.16. The first-order chi connectivity index (χ1) is 11.4. The van der Waals surface area contributed by atoms with E-state index in [-0.39, 0.29) is 19.1 Å².